The molecule has 1 aromatic carbocycles. The molecular weight excluding hydrogens is 288 g/mol. The van der Waals surface area contributed by atoms with Gasteiger partial charge in [0.05, 0.1) is 0 Å². The number of carbonyl (C=O) groups excluding carboxylic acids is 1. The van der Waals surface area contributed by atoms with E-state index in [1.54, 1.807) is 6.20 Å². The number of piperazine rings is 1. The van der Waals surface area contributed by atoms with Crippen molar-refractivity contribution in [3.63, 3.8) is 0 Å². The molecule has 1 saturated heterocycles. The number of likely N-dealkylation sites (N-methyl/N-ethyl adjacent to an activating group) is 1. The Morgan fingerprint density at radius 2 is 1.74 bits per heavy atom. The number of amides is 1. The molecule has 0 aromatic heterocycles. The first kappa shape index (κ1) is 17.0. The van der Waals surface area contributed by atoms with Crippen molar-refractivity contribution in [2.45, 2.75) is 20.8 Å². The topological polar surface area (TPSA) is 59.4 Å². The number of hydrogen-bond donors (Lipinski definition) is 1. The van der Waals surface area contributed by atoms with Gasteiger partial charge in [0.2, 0.25) is 0 Å². The fourth-order valence-corrected chi connectivity index (χ4v) is 2.83. The van der Waals surface area contributed by atoms with Crippen molar-refractivity contribution in [3.05, 3.63) is 40.6 Å². The zero-order valence-corrected chi connectivity index (χ0v) is 14.3. The molecule has 0 radical (unpaired) electrons. The Hall–Kier alpha value is -2.32. The van der Waals surface area contributed by atoms with E-state index in [9.17, 15) is 10.1 Å². The maximum atomic E-state index is 12.4. The van der Waals surface area contributed by atoms with Crippen molar-refractivity contribution >= 4 is 11.6 Å². The quantitative estimate of drug-likeness (QED) is 0.687. The molecule has 1 aliphatic heterocycles. The molecule has 0 saturated carbocycles. The van der Waals surface area contributed by atoms with Crippen molar-refractivity contribution < 1.29 is 4.79 Å². The molecule has 0 bridgehead atoms. The lowest BCUT2D eigenvalue weighted by Crippen LogP contribution is -2.42. The first-order valence-corrected chi connectivity index (χ1v) is 7.84. The van der Waals surface area contributed by atoms with Crippen LogP contribution in [-0.2, 0) is 4.79 Å². The SMILES string of the molecule is Cc1cc(C)c(NC(=O)/C(C#N)=C\N2CCN(C)CC2)c(C)c1. The molecule has 5 nitrogen and oxygen atoms in total. The monoisotopic (exact) mass is 312 g/mol. The van der Waals surface area contributed by atoms with Crippen LogP contribution in [0.3, 0.4) is 0 Å². The van der Waals surface area contributed by atoms with E-state index in [0.717, 1.165) is 48.6 Å². The molecule has 1 amide bonds. The van der Waals surface area contributed by atoms with Crippen molar-refractivity contribution in [2.75, 3.05) is 38.5 Å². The van der Waals surface area contributed by atoms with Gasteiger partial charge in [-0.05, 0) is 38.9 Å². The second-order valence-corrected chi connectivity index (χ2v) is 6.22. The lowest BCUT2D eigenvalue weighted by atomic mass is 10.0. The predicted molar refractivity (Wildman–Crippen MR) is 92.0 cm³/mol. The van der Waals surface area contributed by atoms with Gasteiger partial charge < -0.3 is 15.1 Å². The fourth-order valence-electron chi connectivity index (χ4n) is 2.83. The van der Waals surface area contributed by atoms with Crippen LogP contribution in [0, 0.1) is 32.1 Å². The standard InChI is InChI=1S/C18H24N4O/c1-13-9-14(2)17(15(3)10-13)20-18(23)16(11-19)12-22-7-5-21(4)6-8-22/h9-10,12H,5-8H2,1-4H3,(H,20,23)/b16-12-. The van der Waals surface area contributed by atoms with Crippen molar-refractivity contribution in [2.24, 2.45) is 0 Å². The van der Waals surface area contributed by atoms with E-state index >= 15 is 0 Å². The molecule has 5 heteroatoms. The van der Waals surface area contributed by atoms with Gasteiger partial charge in [-0.1, -0.05) is 17.7 Å². The Morgan fingerprint density at radius 1 is 1.17 bits per heavy atom. The van der Waals surface area contributed by atoms with Crippen LogP contribution in [0.5, 0.6) is 0 Å². The second kappa shape index (κ2) is 7.30. The van der Waals surface area contributed by atoms with Gasteiger partial charge >= 0.3 is 0 Å². The van der Waals surface area contributed by atoms with Gasteiger partial charge in [-0.15, -0.1) is 0 Å². The molecular formula is C18H24N4O. The minimum absolute atomic E-state index is 0.147. The molecule has 2 rings (SSSR count). The first-order chi connectivity index (χ1) is 10.9. The summed E-state index contributed by atoms with van der Waals surface area (Å²) in [5, 5.41) is 12.2. The van der Waals surface area contributed by atoms with Crippen LogP contribution in [-0.4, -0.2) is 48.9 Å². The third kappa shape index (κ3) is 4.33. The smallest absolute Gasteiger partial charge is 0.267 e. The summed E-state index contributed by atoms with van der Waals surface area (Å²) in [7, 11) is 2.07. The van der Waals surface area contributed by atoms with E-state index in [1.807, 2.05) is 43.9 Å². The highest BCUT2D eigenvalue weighted by Gasteiger charge is 2.16. The number of anilines is 1. The fraction of sp³-hybridized carbons (Fsp3) is 0.444. The van der Waals surface area contributed by atoms with Gasteiger partial charge in [0, 0.05) is 38.1 Å². The molecule has 122 valence electrons. The number of aryl methyl sites for hydroxylation is 3. The first-order valence-electron chi connectivity index (χ1n) is 7.84. The normalized spacial score (nSPS) is 16.1. The number of nitrogens with one attached hydrogen (secondary N) is 1. The Labute approximate surface area is 138 Å². The summed E-state index contributed by atoms with van der Waals surface area (Å²) in [5.41, 5.74) is 4.11. The highest BCUT2D eigenvalue weighted by atomic mass is 16.1. The van der Waals surface area contributed by atoms with Crippen LogP contribution in [0.25, 0.3) is 0 Å². The zero-order valence-electron chi connectivity index (χ0n) is 14.3. The highest BCUT2D eigenvalue weighted by molar-refractivity contribution is 6.07. The molecule has 1 N–H and O–H groups in total. The zero-order chi connectivity index (χ0) is 17.0. The summed E-state index contributed by atoms with van der Waals surface area (Å²) in [6.45, 7) is 9.49. The van der Waals surface area contributed by atoms with E-state index < -0.39 is 0 Å². The van der Waals surface area contributed by atoms with Gasteiger partial charge in [-0.2, -0.15) is 5.26 Å². The van der Waals surface area contributed by atoms with E-state index in [0.29, 0.717) is 0 Å². The summed E-state index contributed by atoms with van der Waals surface area (Å²) in [5.74, 6) is -0.346. The van der Waals surface area contributed by atoms with Gasteiger partial charge in [-0.25, -0.2) is 0 Å². The van der Waals surface area contributed by atoms with Crippen LogP contribution < -0.4 is 5.32 Å². The van der Waals surface area contributed by atoms with E-state index in [1.165, 1.54) is 0 Å². The maximum Gasteiger partial charge on any atom is 0.267 e. The van der Waals surface area contributed by atoms with Crippen LogP contribution in [0.2, 0.25) is 0 Å². The summed E-state index contributed by atoms with van der Waals surface area (Å²) >= 11 is 0. The molecule has 1 heterocycles. The minimum Gasteiger partial charge on any atom is -0.374 e. The maximum absolute atomic E-state index is 12.4. The number of carbonyl (C=O) groups is 1. The second-order valence-electron chi connectivity index (χ2n) is 6.22. The average Bonchev–Trinajstić information content (AvgIpc) is 2.50. The van der Waals surface area contributed by atoms with E-state index in [-0.39, 0.29) is 11.5 Å². The molecule has 0 aliphatic carbocycles. The molecule has 23 heavy (non-hydrogen) atoms. The molecule has 0 spiro atoms. The Morgan fingerprint density at radius 3 is 2.26 bits per heavy atom. The minimum atomic E-state index is -0.346. The summed E-state index contributed by atoms with van der Waals surface area (Å²) in [4.78, 5) is 16.7. The third-order valence-electron chi connectivity index (χ3n) is 4.13. The van der Waals surface area contributed by atoms with E-state index in [4.69, 9.17) is 0 Å². The molecule has 1 fully saturated rings. The lowest BCUT2D eigenvalue weighted by molar-refractivity contribution is -0.112. The van der Waals surface area contributed by atoms with Gasteiger partial charge in [0.1, 0.15) is 11.6 Å². The molecule has 0 atom stereocenters. The number of hydrogen-bond acceptors (Lipinski definition) is 4. The number of rotatable bonds is 3. The Bertz CT molecular complexity index is 641. The number of nitriles is 1. The van der Waals surface area contributed by atoms with Crippen LogP contribution in [0.15, 0.2) is 23.9 Å². The molecule has 1 aromatic rings. The van der Waals surface area contributed by atoms with Crippen LogP contribution in [0.4, 0.5) is 5.69 Å². The van der Waals surface area contributed by atoms with E-state index in [2.05, 4.69) is 17.3 Å². The van der Waals surface area contributed by atoms with Crippen LogP contribution in [0.1, 0.15) is 16.7 Å². The summed E-state index contributed by atoms with van der Waals surface area (Å²) < 4.78 is 0. The van der Waals surface area contributed by atoms with Crippen LogP contribution >= 0.6 is 0 Å². The molecule has 0 unspecified atom stereocenters. The van der Waals surface area contributed by atoms with Gasteiger partial charge in [-0.3, -0.25) is 4.79 Å². The Balaban J connectivity index is 2.14. The number of nitrogens with zero attached hydrogens (tertiary/aromatic N) is 3. The summed E-state index contributed by atoms with van der Waals surface area (Å²) in [6, 6.07) is 6.08. The van der Waals surface area contributed by atoms with Gasteiger partial charge in [0.25, 0.3) is 5.91 Å². The predicted octanol–water partition coefficient (Wildman–Crippen LogP) is 2.21. The number of benzene rings is 1. The molecule has 1 aliphatic rings. The van der Waals surface area contributed by atoms with Crippen molar-refractivity contribution in [3.8, 4) is 6.07 Å². The largest absolute Gasteiger partial charge is 0.374 e. The van der Waals surface area contributed by atoms with Gasteiger partial charge in [0.15, 0.2) is 0 Å². The van der Waals surface area contributed by atoms with Crippen molar-refractivity contribution in [1.82, 2.24) is 9.80 Å². The summed E-state index contributed by atoms with van der Waals surface area (Å²) in [6.07, 6.45) is 1.68. The lowest BCUT2D eigenvalue weighted by Gasteiger charge is -2.31. The highest BCUT2D eigenvalue weighted by Crippen LogP contribution is 2.22. The van der Waals surface area contributed by atoms with Crippen molar-refractivity contribution in [1.29, 1.82) is 5.26 Å². The Kier molecular flexibility index (Phi) is 5.41. The third-order valence-corrected chi connectivity index (χ3v) is 4.13. The average molecular weight is 312 g/mol.